The van der Waals surface area contributed by atoms with E-state index in [0.717, 1.165) is 13.0 Å². The van der Waals surface area contributed by atoms with Crippen LogP contribution in [0.5, 0.6) is 0 Å². The van der Waals surface area contributed by atoms with Crippen molar-refractivity contribution in [1.82, 2.24) is 5.32 Å². The molecule has 7 heteroatoms. The molecule has 19 heavy (non-hydrogen) atoms. The Hall–Kier alpha value is -0.920. The van der Waals surface area contributed by atoms with Crippen molar-refractivity contribution in [2.24, 2.45) is 0 Å². The maximum atomic E-state index is 10.9. The molecule has 6 nitrogen and oxygen atoms in total. The Morgan fingerprint density at radius 2 is 2.05 bits per heavy atom. The van der Waals surface area contributed by atoms with Crippen molar-refractivity contribution < 1.29 is 22.2 Å². The van der Waals surface area contributed by atoms with Gasteiger partial charge < -0.3 is 14.4 Å². The minimum absolute atomic E-state index is 0.0684. The molecule has 0 heterocycles. The zero-order valence-corrected chi connectivity index (χ0v) is 12.7. The molecule has 0 aliphatic carbocycles. The van der Waals surface area contributed by atoms with Gasteiger partial charge in [-0.15, -0.1) is 0 Å². The maximum absolute atomic E-state index is 10.9. The number of hydrogen-bond acceptors (Lipinski definition) is 4. The number of nitrogens with zero attached hydrogens (tertiary/aromatic N) is 1. The molecular formula is C12H24N2O4S. The number of hydrogen-bond donors (Lipinski definition) is 1. The largest absolute Gasteiger partial charge is 0.748 e. The first-order valence-electron chi connectivity index (χ1n) is 6.25. The van der Waals surface area contributed by atoms with Crippen molar-refractivity contribution in [3.63, 3.8) is 0 Å². The molecule has 112 valence electrons. The van der Waals surface area contributed by atoms with Crippen LogP contribution in [0.4, 0.5) is 0 Å². The lowest BCUT2D eigenvalue weighted by Crippen LogP contribution is -2.49. The third-order valence-corrected chi connectivity index (χ3v) is 4.11. The molecule has 1 unspecified atom stereocenters. The normalized spacial score (nSPS) is 13.9. The summed E-state index contributed by atoms with van der Waals surface area (Å²) >= 11 is 0. The van der Waals surface area contributed by atoms with Crippen LogP contribution in [0.3, 0.4) is 0 Å². The van der Waals surface area contributed by atoms with Gasteiger partial charge in [0.15, 0.2) is 0 Å². The Morgan fingerprint density at radius 1 is 1.47 bits per heavy atom. The lowest BCUT2D eigenvalue weighted by molar-refractivity contribution is -0.913. The van der Waals surface area contributed by atoms with E-state index in [1.165, 1.54) is 6.08 Å². The van der Waals surface area contributed by atoms with Gasteiger partial charge in [0.25, 0.3) is 0 Å². The van der Waals surface area contributed by atoms with Gasteiger partial charge in [-0.3, -0.25) is 4.79 Å². The van der Waals surface area contributed by atoms with Crippen LogP contribution >= 0.6 is 0 Å². The Balaban J connectivity index is 4.08. The SMILES string of the molecule is C=CC(=O)NCCC[N+](C)(C)C(C)CCS(=O)(=O)[O-]. The summed E-state index contributed by atoms with van der Waals surface area (Å²) in [6.07, 6.45) is 2.35. The van der Waals surface area contributed by atoms with E-state index in [1.54, 1.807) is 0 Å². The maximum Gasteiger partial charge on any atom is 0.243 e. The van der Waals surface area contributed by atoms with Crippen molar-refractivity contribution >= 4 is 16.0 Å². The third kappa shape index (κ3) is 8.74. The van der Waals surface area contributed by atoms with E-state index in [2.05, 4.69) is 11.9 Å². The second kappa shape index (κ2) is 7.62. The lowest BCUT2D eigenvalue weighted by atomic mass is 10.2. The van der Waals surface area contributed by atoms with Gasteiger partial charge in [0.2, 0.25) is 5.91 Å². The second-order valence-corrected chi connectivity index (χ2v) is 6.77. The zero-order valence-electron chi connectivity index (χ0n) is 11.9. The molecule has 1 atom stereocenters. The number of carbonyl (C=O) groups excluding carboxylic acids is 1. The molecule has 0 radical (unpaired) electrons. The quantitative estimate of drug-likeness (QED) is 0.282. The van der Waals surface area contributed by atoms with Crippen LogP contribution in [-0.2, 0) is 14.9 Å². The molecule has 0 fully saturated rings. The highest BCUT2D eigenvalue weighted by atomic mass is 32.2. The van der Waals surface area contributed by atoms with E-state index in [0.29, 0.717) is 17.4 Å². The number of quaternary nitrogens is 1. The Bertz CT molecular complexity index is 404. The van der Waals surface area contributed by atoms with Crippen LogP contribution in [0.1, 0.15) is 19.8 Å². The lowest BCUT2D eigenvalue weighted by Gasteiger charge is -2.36. The molecule has 0 aromatic rings. The Morgan fingerprint density at radius 3 is 2.53 bits per heavy atom. The average Bonchev–Trinajstić information content (AvgIpc) is 2.30. The van der Waals surface area contributed by atoms with Crippen molar-refractivity contribution in [2.45, 2.75) is 25.8 Å². The molecule has 0 aromatic carbocycles. The molecule has 1 N–H and O–H groups in total. The molecule has 0 rings (SSSR count). The Labute approximate surface area is 115 Å². The predicted octanol–water partition coefficient (Wildman–Crippen LogP) is 0.0789. The summed E-state index contributed by atoms with van der Waals surface area (Å²) < 4.78 is 32.4. The van der Waals surface area contributed by atoms with Crippen molar-refractivity contribution in [3.8, 4) is 0 Å². The number of nitrogens with one attached hydrogen (secondary N) is 1. The van der Waals surface area contributed by atoms with E-state index < -0.39 is 10.1 Å². The van der Waals surface area contributed by atoms with Gasteiger partial charge in [0.1, 0.15) is 0 Å². The zero-order chi connectivity index (χ0) is 15.1. The summed E-state index contributed by atoms with van der Waals surface area (Å²) in [5.74, 6) is -0.529. The fourth-order valence-electron chi connectivity index (χ4n) is 1.66. The predicted molar refractivity (Wildman–Crippen MR) is 73.4 cm³/mol. The van der Waals surface area contributed by atoms with E-state index >= 15 is 0 Å². The van der Waals surface area contributed by atoms with Crippen LogP contribution in [0, 0.1) is 0 Å². The van der Waals surface area contributed by atoms with Crippen molar-refractivity contribution in [2.75, 3.05) is 32.9 Å². The summed E-state index contributed by atoms with van der Waals surface area (Å²) in [5, 5.41) is 2.69. The molecule has 0 aliphatic rings. The number of carbonyl (C=O) groups is 1. The van der Waals surface area contributed by atoms with Crippen molar-refractivity contribution in [1.29, 1.82) is 0 Å². The van der Waals surface area contributed by atoms with Crippen LogP contribution in [-0.4, -0.2) is 62.3 Å². The highest BCUT2D eigenvalue weighted by Crippen LogP contribution is 2.12. The highest BCUT2D eigenvalue weighted by molar-refractivity contribution is 7.85. The average molecular weight is 292 g/mol. The summed E-state index contributed by atoms with van der Waals surface area (Å²) in [5.41, 5.74) is 0. The van der Waals surface area contributed by atoms with Gasteiger partial charge in [-0.05, 0) is 13.0 Å². The Kier molecular flexibility index (Phi) is 7.25. The molecule has 0 bridgehead atoms. The second-order valence-electron chi connectivity index (χ2n) is 5.25. The third-order valence-electron chi connectivity index (χ3n) is 3.37. The van der Waals surface area contributed by atoms with Gasteiger partial charge in [-0.25, -0.2) is 8.42 Å². The van der Waals surface area contributed by atoms with Crippen LogP contribution < -0.4 is 5.32 Å². The highest BCUT2D eigenvalue weighted by Gasteiger charge is 2.23. The van der Waals surface area contributed by atoms with E-state index in [-0.39, 0.29) is 17.7 Å². The first-order chi connectivity index (χ1) is 8.58. The number of rotatable bonds is 9. The molecule has 0 aromatic heterocycles. The van der Waals surface area contributed by atoms with Gasteiger partial charge >= 0.3 is 0 Å². The van der Waals surface area contributed by atoms with Gasteiger partial charge in [0.05, 0.1) is 36.8 Å². The molecule has 0 spiro atoms. The summed E-state index contributed by atoms with van der Waals surface area (Å²) in [6, 6.07) is 0.0684. The van der Waals surface area contributed by atoms with Crippen LogP contribution in [0.15, 0.2) is 12.7 Å². The van der Waals surface area contributed by atoms with E-state index in [1.807, 2.05) is 21.0 Å². The van der Waals surface area contributed by atoms with E-state index in [4.69, 9.17) is 0 Å². The molecule has 0 aliphatic heterocycles. The molecule has 0 saturated heterocycles. The first kappa shape index (κ1) is 18.1. The van der Waals surface area contributed by atoms with Gasteiger partial charge in [-0.2, -0.15) is 0 Å². The minimum Gasteiger partial charge on any atom is -0.748 e. The molecular weight excluding hydrogens is 268 g/mol. The molecule has 0 saturated carbocycles. The van der Waals surface area contributed by atoms with Crippen LogP contribution in [0.25, 0.3) is 0 Å². The summed E-state index contributed by atoms with van der Waals surface area (Å²) in [4.78, 5) is 10.9. The topological polar surface area (TPSA) is 86.3 Å². The fraction of sp³-hybridized carbons (Fsp3) is 0.750. The monoisotopic (exact) mass is 292 g/mol. The minimum atomic E-state index is -4.15. The van der Waals surface area contributed by atoms with Crippen LogP contribution in [0.2, 0.25) is 0 Å². The summed E-state index contributed by atoms with van der Waals surface area (Å²) in [6.45, 7) is 6.63. The fourth-order valence-corrected chi connectivity index (χ4v) is 2.28. The number of amides is 1. The van der Waals surface area contributed by atoms with E-state index in [9.17, 15) is 17.8 Å². The molecule has 1 amide bonds. The van der Waals surface area contributed by atoms with Gasteiger partial charge in [0, 0.05) is 25.1 Å². The first-order valence-corrected chi connectivity index (χ1v) is 7.83. The summed E-state index contributed by atoms with van der Waals surface area (Å²) in [7, 11) is -0.180. The smallest absolute Gasteiger partial charge is 0.243 e. The van der Waals surface area contributed by atoms with Crippen molar-refractivity contribution in [3.05, 3.63) is 12.7 Å². The standard InChI is InChI=1S/C12H24N2O4S/c1-5-12(15)13-8-6-9-14(3,4)11(2)7-10-19(16,17)18/h5,11H,1,6-10H2,2-4H3,(H-,13,15,16,17,18). The van der Waals surface area contributed by atoms with Gasteiger partial charge in [-0.1, -0.05) is 6.58 Å².